The molecule has 0 saturated carbocycles. The number of carboxylic acid groups (broad SMARTS) is 1. The van der Waals surface area contributed by atoms with Crippen molar-refractivity contribution in [2.45, 2.75) is 39.3 Å². The maximum Gasteiger partial charge on any atom is 0.408 e. The first-order valence-electron chi connectivity index (χ1n) is 8.86. The second-order valence-corrected chi connectivity index (χ2v) is 6.70. The summed E-state index contributed by atoms with van der Waals surface area (Å²) in [6.45, 7) is 3.80. The van der Waals surface area contributed by atoms with Crippen molar-refractivity contribution in [3.63, 3.8) is 0 Å². The lowest BCUT2D eigenvalue weighted by atomic mass is 10.00. The molecular formula is C21H23NO4. The average Bonchev–Trinajstić information content (AvgIpc) is 3.03. The van der Waals surface area contributed by atoms with Gasteiger partial charge < -0.3 is 15.2 Å². The molecule has 1 amide bonds. The van der Waals surface area contributed by atoms with Gasteiger partial charge >= 0.3 is 12.1 Å². The summed E-state index contributed by atoms with van der Waals surface area (Å²) >= 11 is 0. The van der Waals surface area contributed by atoms with Gasteiger partial charge in [-0.2, -0.15) is 0 Å². The van der Waals surface area contributed by atoms with Gasteiger partial charge in [0.05, 0.1) is 0 Å². The van der Waals surface area contributed by atoms with Crippen molar-refractivity contribution in [2.75, 3.05) is 0 Å². The molecule has 2 unspecified atom stereocenters. The minimum Gasteiger partial charge on any atom is -0.480 e. The molecule has 2 N–H and O–H groups in total. The number of carbonyl (C=O) groups excluding carboxylic acids is 1. The van der Waals surface area contributed by atoms with Crippen LogP contribution in [-0.4, -0.2) is 23.2 Å². The Morgan fingerprint density at radius 2 is 1.88 bits per heavy atom. The topological polar surface area (TPSA) is 75.6 Å². The Morgan fingerprint density at radius 1 is 1.15 bits per heavy atom. The van der Waals surface area contributed by atoms with Gasteiger partial charge in [-0.15, -0.1) is 0 Å². The van der Waals surface area contributed by atoms with E-state index in [2.05, 4.69) is 23.5 Å². The molecule has 0 radical (unpaired) electrons. The number of carboxylic acids is 1. The quantitative estimate of drug-likeness (QED) is 0.703. The molecule has 0 fully saturated rings. The van der Waals surface area contributed by atoms with Crippen LogP contribution < -0.4 is 5.32 Å². The number of aliphatic carboxylic acids is 1. The molecule has 3 rings (SSSR count). The minimum atomic E-state index is -1.05. The van der Waals surface area contributed by atoms with Crippen molar-refractivity contribution in [2.24, 2.45) is 5.92 Å². The zero-order valence-electron chi connectivity index (χ0n) is 15.0. The van der Waals surface area contributed by atoms with E-state index >= 15 is 0 Å². The summed E-state index contributed by atoms with van der Waals surface area (Å²) < 4.78 is 5.31. The van der Waals surface area contributed by atoms with Gasteiger partial charge in [-0.05, 0) is 40.2 Å². The molecular weight excluding hydrogens is 330 g/mol. The lowest BCUT2D eigenvalue weighted by Gasteiger charge is -2.20. The molecule has 1 aliphatic rings. The predicted octanol–water partition coefficient (Wildman–Crippen LogP) is 3.98. The van der Waals surface area contributed by atoms with E-state index in [9.17, 15) is 14.7 Å². The van der Waals surface area contributed by atoms with Crippen molar-refractivity contribution in [3.05, 3.63) is 59.2 Å². The third-order valence-electron chi connectivity index (χ3n) is 5.06. The molecule has 2 atom stereocenters. The SMILES string of the molecule is CCC(C)C(NC(=O)OCc1cccc2c1Cc1ccccc1-2)C(=O)O. The third-order valence-corrected chi connectivity index (χ3v) is 5.06. The van der Waals surface area contributed by atoms with Crippen LogP contribution in [0.25, 0.3) is 11.1 Å². The Morgan fingerprint density at radius 3 is 2.62 bits per heavy atom. The lowest BCUT2D eigenvalue weighted by Crippen LogP contribution is -2.45. The van der Waals surface area contributed by atoms with Crippen LogP contribution >= 0.6 is 0 Å². The Labute approximate surface area is 153 Å². The number of fused-ring (bicyclic) bond motifs is 3. The van der Waals surface area contributed by atoms with Crippen LogP contribution in [0.2, 0.25) is 0 Å². The van der Waals surface area contributed by atoms with Crippen molar-refractivity contribution in [1.82, 2.24) is 5.32 Å². The first-order valence-corrected chi connectivity index (χ1v) is 8.86. The molecule has 5 heteroatoms. The Balaban J connectivity index is 1.68. The normalized spacial score (nSPS) is 14.1. The third kappa shape index (κ3) is 3.57. The Bertz CT molecular complexity index is 831. The highest BCUT2D eigenvalue weighted by Crippen LogP contribution is 2.38. The van der Waals surface area contributed by atoms with Crippen LogP contribution in [0.5, 0.6) is 0 Å². The van der Waals surface area contributed by atoms with Gasteiger partial charge in [-0.3, -0.25) is 0 Å². The van der Waals surface area contributed by atoms with Crippen molar-refractivity contribution in [3.8, 4) is 11.1 Å². The molecule has 0 saturated heterocycles. The van der Waals surface area contributed by atoms with Gasteiger partial charge in [-0.25, -0.2) is 9.59 Å². The number of nitrogens with one attached hydrogen (secondary N) is 1. The standard InChI is InChI=1S/C21H23NO4/c1-3-13(2)19(20(23)24)22-21(25)26-12-15-8-6-10-17-16-9-5-4-7-14(16)11-18(15)17/h4-10,13,19H,3,11-12H2,1-2H3,(H,22,25)(H,23,24). The molecule has 1 aliphatic carbocycles. The van der Waals surface area contributed by atoms with Gasteiger partial charge in [-0.1, -0.05) is 62.7 Å². The van der Waals surface area contributed by atoms with Gasteiger partial charge in [0.1, 0.15) is 12.6 Å². The largest absolute Gasteiger partial charge is 0.480 e. The van der Waals surface area contributed by atoms with Crippen molar-refractivity contribution < 1.29 is 19.4 Å². The first kappa shape index (κ1) is 18.0. The second-order valence-electron chi connectivity index (χ2n) is 6.70. The van der Waals surface area contributed by atoms with Crippen molar-refractivity contribution in [1.29, 1.82) is 0 Å². The molecule has 0 aromatic heterocycles. The predicted molar refractivity (Wildman–Crippen MR) is 98.9 cm³/mol. The summed E-state index contributed by atoms with van der Waals surface area (Å²) in [5.74, 6) is -1.22. The Hall–Kier alpha value is -2.82. The van der Waals surface area contributed by atoms with E-state index < -0.39 is 18.1 Å². The fraction of sp³-hybridized carbons (Fsp3) is 0.333. The first-order chi connectivity index (χ1) is 12.5. The minimum absolute atomic E-state index is 0.121. The highest BCUT2D eigenvalue weighted by atomic mass is 16.5. The van der Waals surface area contributed by atoms with Gasteiger partial charge in [0, 0.05) is 0 Å². The average molecular weight is 353 g/mol. The molecule has 2 aromatic rings. The van der Waals surface area contributed by atoms with E-state index in [-0.39, 0.29) is 12.5 Å². The van der Waals surface area contributed by atoms with Crippen molar-refractivity contribution >= 4 is 12.1 Å². The fourth-order valence-corrected chi connectivity index (χ4v) is 3.35. The van der Waals surface area contributed by atoms with Crippen LogP contribution in [-0.2, 0) is 22.6 Å². The zero-order valence-corrected chi connectivity index (χ0v) is 15.0. The summed E-state index contributed by atoms with van der Waals surface area (Å²) in [6, 6.07) is 13.3. The van der Waals surface area contributed by atoms with Crippen LogP contribution in [0, 0.1) is 5.92 Å². The van der Waals surface area contributed by atoms with Crippen LogP contribution in [0.1, 0.15) is 37.0 Å². The van der Waals surface area contributed by atoms with Crippen LogP contribution in [0.3, 0.4) is 0 Å². The number of amides is 1. The van der Waals surface area contributed by atoms with Gasteiger partial charge in [0.15, 0.2) is 0 Å². The summed E-state index contributed by atoms with van der Waals surface area (Å²) in [6.07, 6.45) is 0.768. The van der Waals surface area contributed by atoms with Gasteiger partial charge in [0.2, 0.25) is 0 Å². The maximum absolute atomic E-state index is 12.1. The highest BCUT2D eigenvalue weighted by molar-refractivity contribution is 5.80. The molecule has 0 aliphatic heterocycles. The van der Waals surface area contributed by atoms with Gasteiger partial charge in [0.25, 0.3) is 0 Å². The van der Waals surface area contributed by atoms with E-state index in [4.69, 9.17) is 4.74 Å². The second kappa shape index (κ2) is 7.60. The van der Waals surface area contributed by atoms with E-state index in [0.717, 1.165) is 12.0 Å². The summed E-state index contributed by atoms with van der Waals surface area (Å²) in [5.41, 5.74) is 5.77. The number of alkyl carbamates (subject to hydrolysis) is 1. The maximum atomic E-state index is 12.1. The van der Waals surface area contributed by atoms with Crippen LogP contribution in [0.4, 0.5) is 4.79 Å². The lowest BCUT2D eigenvalue weighted by molar-refractivity contribution is -0.140. The van der Waals surface area contributed by atoms with E-state index in [1.807, 2.05) is 31.2 Å². The van der Waals surface area contributed by atoms with E-state index in [0.29, 0.717) is 6.42 Å². The van der Waals surface area contributed by atoms with Crippen LogP contribution in [0.15, 0.2) is 42.5 Å². The number of benzene rings is 2. The summed E-state index contributed by atoms with van der Waals surface area (Å²) in [7, 11) is 0. The Kier molecular flexibility index (Phi) is 5.26. The molecule has 136 valence electrons. The molecule has 0 bridgehead atoms. The van der Waals surface area contributed by atoms with E-state index in [1.165, 1.54) is 22.3 Å². The summed E-state index contributed by atoms with van der Waals surface area (Å²) in [4.78, 5) is 23.4. The number of carbonyl (C=O) groups is 2. The monoisotopic (exact) mass is 353 g/mol. The molecule has 0 spiro atoms. The molecule has 2 aromatic carbocycles. The number of rotatable bonds is 6. The zero-order chi connectivity index (χ0) is 18.7. The molecule has 26 heavy (non-hydrogen) atoms. The van der Waals surface area contributed by atoms with E-state index in [1.54, 1.807) is 6.92 Å². The number of hydrogen-bond donors (Lipinski definition) is 2. The number of ether oxygens (including phenoxy) is 1. The molecule has 0 heterocycles. The fourth-order valence-electron chi connectivity index (χ4n) is 3.35. The smallest absolute Gasteiger partial charge is 0.408 e. The molecule has 5 nitrogen and oxygen atoms in total. The number of hydrogen-bond acceptors (Lipinski definition) is 3. The summed E-state index contributed by atoms with van der Waals surface area (Å²) in [5, 5.41) is 11.7. The highest BCUT2D eigenvalue weighted by Gasteiger charge is 2.26.